The van der Waals surface area contributed by atoms with Crippen molar-refractivity contribution in [1.82, 2.24) is 15.4 Å². The number of rotatable bonds is 7. The highest BCUT2D eigenvalue weighted by Gasteiger charge is 2.24. The molecule has 0 amide bonds. The molecule has 0 aromatic heterocycles. The number of aliphatic imine (C=N–C) groups is 1. The van der Waals surface area contributed by atoms with Gasteiger partial charge in [0, 0.05) is 26.2 Å². The molecule has 2 aliphatic rings. The first-order valence-electron chi connectivity index (χ1n) is 9.32. The molecule has 0 spiro atoms. The highest BCUT2D eigenvalue weighted by Crippen LogP contribution is 2.28. The van der Waals surface area contributed by atoms with Gasteiger partial charge in [0.2, 0.25) is 10.0 Å². The van der Waals surface area contributed by atoms with Gasteiger partial charge in [0.05, 0.1) is 5.75 Å². The van der Waals surface area contributed by atoms with Crippen LogP contribution in [0.4, 0.5) is 0 Å². The van der Waals surface area contributed by atoms with Crippen molar-refractivity contribution < 1.29 is 8.42 Å². The minimum Gasteiger partial charge on any atom is -0.355 e. The van der Waals surface area contributed by atoms with E-state index in [-0.39, 0.29) is 29.7 Å². The smallest absolute Gasteiger partial charge is 0.213 e. The van der Waals surface area contributed by atoms with E-state index in [0.29, 0.717) is 31.0 Å². The van der Waals surface area contributed by atoms with Crippen LogP contribution < -0.4 is 15.4 Å². The van der Waals surface area contributed by atoms with Gasteiger partial charge in [0.25, 0.3) is 0 Å². The van der Waals surface area contributed by atoms with Crippen molar-refractivity contribution in [2.75, 3.05) is 25.9 Å². The second-order valence-corrected chi connectivity index (χ2v) is 9.65. The third-order valence-electron chi connectivity index (χ3n) is 5.22. The van der Waals surface area contributed by atoms with Crippen molar-refractivity contribution >= 4 is 40.0 Å². The first-order chi connectivity index (χ1) is 11.4. The summed E-state index contributed by atoms with van der Waals surface area (Å²) in [5.74, 6) is 2.77. The zero-order chi connectivity index (χ0) is 17.6. The highest BCUT2D eigenvalue weighted by molar-refractivity contribution is 14.0. The number of nitrogens with zero attached hydrogens (tertiary/aromatic N) is 1. The van der Waals surface area contributed by atoms with Crippen LogP contribution in [0.15, 0.2) is 4.99 Å². The van der Waals surface area contributed by atoms with Crippen molar-refractivity contribution in [2.24, 2.45) is 22.7 Å². The molecule has 0 aromatic carbocycles. The molecule has 2 fully saturated rings. The van der Waals surface area contributed by atoms with Crippen LogP contribution in [0.5, 0.6) is 0 Å². The molecule has 2 unspecified atom stereocenters. The average Bonchev–Trinajstić information content (AvgIpc) is 2.43. The van der Waals surface area contributed by atoms with E-state index in [1.54, 1.807) is 7.05 Å². The van der Waals surface area contributed by atoms with Gasteiger partial charge in [-0.1, -0.05) is 20.3 Å². The third kappa shape index (κ3) is 8.43. The molecule has 2 aliphatic carbocycles. The Morgan fingerprint density at radius 1 is 1.12 bits per heavy atom. The summed E-state index contributed by atoms with van der Waals surface area (Å²) in [5.41, 5.74) is 0. The zero-order valence-electron chi connectivity index (χ0n) is 15.8. The minimum absolute atomic E-state index is 0. The normalized spacial score (nSPS) is 28.0. The number of guanidine groups is 1. The van der Waals surface area contributed by atoms with Gasteiger partial charge < -0.3 is 10.6 Å². The fourth-order valence-electron chi connectivity index (χ4n) is 3.77. The third-order valence-corrected chi connectivity index (χ3v) is 6.57. The van der Waals surface area contributed by atoms with E-state index in [1.807, 2.05) is 0 Å². The molecule has 8 heteroatoms. The summed E-state index contributed by atoms with van der Waals surface area (Å²) in [6.45, 7) is 5.55. The Morgan fingerprint density at radius 3 is 2.28 bits per heavy atom. The van der Waals surface area contributed by atoms with Crippen molar-refractivity contribution in [3.05, 3.63) is 0 Å². The Hall–Kier alpha value is -0.0900. The van der Waals surface area contributed by atoms with Crippen molar-refractivity contribution in [2.45, 2.75) is 58.4 Å². The van der Waals surface area contributed by atoms with Gasteiger partial charge in [-0.05, 0) is 49.9 Å². The van der Waals surface area contributed by atoms with Crippen LogP contribution in [0.1, 0.15) is 52.4 Å². The van der Waals surface area contributed by atoms with Crippen LogP contribution in [0.25, 0.3) is 0 Å². The van der Waals surface area contributed by atoms with Gasteiger partial charge in [-0.25, -0.2) is 13.1 Å². The van der Waals surface area contributed by atoms with Crippen molar-refractivity contribution in [3.8, 4) is 0 Å². The maximum absolute atomic E-state index is 12.0. The second-order valence-electron chi connectivity index (χ2n) is 7.72. The summed E-state index contributed by atoms with van der Waals surface area (Å²) in [7, 11) is -1.47. The van der Waals surface area contributed by atoms with E-state index in [1.165, 1.54) is 12.8 Å². The number of hydrogen-bond acceptors (Lipinski definition) is 3. The second kappa shape index (κ2) is 10.9. The van der Waals surface area contributed by atoms with Crippen molar-refractivity contribution in [3.63, 3.8) is 0 Å². The molecule has 0 radical (unpaired) electrons. The van der Waals surface area contributed by atoms with Gasteiger partial charge in [0.1, 0.15) is 0 Å². The molecule has 0 heterocycles. The van der Waals surface area contributed by atoms with Gasteiger partial charge in [-0.15, -0.1) is 24.0 Å². The zero-order valence-corrected chi connectivity index (χ0v) is 18.9. The molecule has 0 aromatic rings. The number of sulfonamides is 1. The van der Waals surface area contributed by atoms with Crippen molar-refractivity contribution in [1.29, 1.82) is 0 Å². The summed E-state index contributed by atoms with van der Waals surface area (Å²) in [6.07, 6.45) is 7.10. The topological polar surface area (TPSA) is 82.6 Å². The Balaban J connectivity index is 0.00000312. The van der Waals surface area contributed by atoms with E-state index in [9.17, 15) is 8.42 Å². The van der Waals surface area contributed by atoms with E-state index in [0.717, 1.165) is 37.5 Å². The summed E-state index contributed by atoms with van der Waals surface area (Å²) >= 11 is 0. The summed E-state index contributed by atoms with van der Waals surface area (Å²) in [5, 5.41) is 6.58. The van der Waals surface area contributed by atoms with Crippen LogP contribution in [-0.4, -0.2) is 46.3 Å². The molecule has 2 atom stereocenters. The maximum atomic E-state index is 12.0. The molecular formula is C17H35IN4O2S. The fraction of sp³-hybridized carbons (Fsp3) is 0.941. The predicted molar refractivity (Wildman–Crippen MR) is 115 cm³/mol. The molecule has 6 nitrogen and oxygen atoms in total. The lowest BCUT2D eigenvalue weighted by molar-refractivity contribution is 0.255. The summed E-state index contributed by atoms with van der Waals surface area (Å²) in [6, 6.07) is 0.420. The van der Waals surface area contributed by atoms with Crippen LogP contribution in [0.3, 0.4) is 0 Å². The van der Waals surface area contributed by atoms with Gasteiger partial charge in [0.15, 0.2) is 5.96 Å². The first kappa shape index (κ1) is 23.0. The molecule has 0 saturated heterocycles. The van der Waals surface area contributed by atoms with Crippen LogP contribution in [0.2, 0.25) is 0 Å². The lowest BCUT2D eigenvalue weighted by atomic mass is 9.80. The van der Waals surface area contributed by atoms with Gasteiger partial charge in [-0.2, -0.15) is 0 Å². The standard InChI is InChI=1S/C17H34N4O2S.HI/c1-13-9-14(2)11-16(10-13)21-17(18-3)19-7-8-24(22,23)20-12-15-5-4-6-15;/h13-16,20H,4-12H2,1-3H3,(H2,18,19,21);1H. The van der Waals surface area contributed by atoms with E-state index >= 15 is 0 Å². The SMILES string of the molecule is CN=C(NCCS(=O)(=O)NCC1CCC1)NC1CC(C)CC(C)C1.I. The summed E-state index contributed by atoms with van der Waals surface area (Å²) < 4.78 is 26.7. The first-order valence-corrected chi connectivity index (χ1v) is 11.0. The molecule has 3 N–H and O–H groups in total. The lowest BCUT2D eigenvalue weighted by Gasteiger charge is -2.32. The molecular weight excluding hydrogens is 451 g/mol. The van der Waals surface area contributed by atoms with E-state index < -0.39 is 10.0 Å². The fourth-order valence-corrected chi connectivity index (χ4v) is 4.78. The van der Waals surface area contributed by atoms with Crippen LogP contribution in [-0.2, 0) is 10.0 Å². The maximum Gasteiger partial charge on any atom is 0.213 e. The Morgan fingerprint density at radius 2 is 1.76 bits per heavy atom. The number of hydrogen-bond donors (Lipinski definition) is 3. The lowest BCUT2D eigenvalue weighted by Crippen LogP contribution is -2.47. The van der Waals surface area contributed by atoms with Crippen LogP contribution in [0, 0.1) is 17.8 Å². The molecule has 2 saturated carbocycles. The Labute approximate surface area is 170 Å². The quantitative estimate of drug-likeness (QED) is 0.293. The Bertz CT molecular complexity index is 513. The molecule has 0 bridgehead atoms. The molecule has 148 valence electrons. The van der Waals surface area contributed by atoms with E-state index in [2.05, 4.69) is 34.2 Å². The summed E-state index contributed by atoms with van der Waals surface area (Å²) in [4.78, 5) is 4.23. The molecule has 25 heavy (non-hydrogen) atoms. The van der Waals surface area contributed by atoms with Crippen LogP contribution >= 0.6 is 24.0 Å². The minimum atomic E-state index is -3.20. The highest BCUT2D eigenvalue weighted by atomic mass is 127. The average molecular weight is 486 g/mol. The predicted octanol–water partition coefficient (Wildman–Crippen LogP) is 2.31. The van der Waals surface area contributed by atoms with Gasteiger partial charge in [-0.3, -0.25) is 4.99 Å². The number of nitrogens with one attached hydrogen (secondary N) is 3. The molecule has 2 rings (SSSR count). The largest absolute Gasteiger partial charge is 0.355 e. The van der Waals surface area contributed by atoms with E-state index in [4.69, 9.17) is 0 Å². The monoisotopic (exact) mass is 486 g/mol. The Kier molecular flexibility index (Phi) is 10.0. The number of halogens is 1. The van der Waals surface area contributed by atoms with Gasteiger partial charge >= 0.3 is 0 Å². The molecule has 0 aliphatic heterocycles.